The summed E-state index contributed by atoms with van der Waals surface area (Å²) in [6.45, 7) is 4.09. The first-order valence-corrected chi connectivity index (χ1v) is 9.61. The van der Waals surface area contributed by atoms with Gasteiger partial charge in [0.2, 0.25) is 11.6 Å². The number of nitrogens with zero attached hydrogens (tertiary/aromatic N) is 7. The number of rotatable bonds is 7. The van der Waals surface area contributed by atoms with Crippen molar-refractivity contribution in [2.24, 2.45) is 5.10 Å². The summed E-state index contributed by atoms with van der Waals surface area (Å²) in [7, 11) is 0. The summed E-state index contributed by atoms with van der Waals surface area (Å²) < 4.78 is 11.5. The molecule has 0 radical (unpaired) electrons. The zero-order chi connectivity index (χ0) is 22.5. The van der Waals surface area contributed by atoms with Crippen molar-refractivity contribution in [2.75, 3.05) is 12.3 Å². The first-order chi connectivity index (χ1) is 15.6. The van der Waals surface area contributed by atoms with Crippen molar-refractivity contribution < 1.29 is 14.2 Å². The maximum atomic E-state index is 13.0. The molecular formula is C20H19N9O3. The SMILES string of the molecule is CCOc1cccc(-c2c(C(=O)N/N=C(\C)c3ccccn3)nnn2-c2nonc2N)c1. The number of nitrogen functional groups attached to an aromatic ring is 1. The Morgan fingerprint density at radius 2 is 2.12 bits per heavy atom. The van der Waals surface area contributed by atoms with Crippen LogP contribution in [0.1, 0.15) is 30.0 Å². The molecule has 0 atom stereocenters. The smallest absolute Gasteiger partial charge is 0.294 e. The van der Waals surface area contributed by atoms with Crippen molar-refractivity contribution in [1.29, 1.82) is 0 Å². The van der Waals surface area contributed by atoms with Crippen molar-refractivity contribution in [3.8, 4) is 22.8 Å². The summed E-state index contributed by atoms with van der Waals surface area (Å²) in [4.78, 5) is 17.2. The Morgan fingerprint density at radius 3 is 2.84 bits per heavy atom. The van der Waals surface area contributed by atoms with Gasteiger partial charge in [-0.3, -0.25) is 9.78 Å². The van der Waals surface area contributed by atoms with Gasteiger partial charge in [-0.1, -0.05) is 23.4 Å². The number of benzene rings is 1. The molecule has 0 aliphatic heterocycles. The summed E-state index contributed by atoms with van der Waals surface area (Å²) in [5, 5.41) is 19.5. The van der Waals surface area contributed by atoms with E-state index in [0.717, 1.165) is 0 Å². The molecule has 4 rings (SSSR count). The molecule has 0 saturated carbocycles. The van der Waals surface area contributed by atoms with E-state index in [0.29, 0.717) is 35.0 Å². The molecule has 0 aliphatic rings. The van der Waals surface area contributed by atoms with Crippen LogP contribution in [-0.2, 0) is 0 Å². The number of nitrogens with one attached hydrogen (secondary N) is 1. The molecule has 32 heavy (non-hydrogen) atoms. The highest BCUT2D eigenvalue weighted by molar-refractivity contribution is 6.01. The van der Waals surface area contributed by atoms with Crippen LogP contribution in [0.5, 0.6) is 5.75 Å². The van der Waals surface area contributed by atoms with Gasteiger partial charge in [-0.25, -0.2) is 10.1 Å². The lowest BCUT2D eigenvalue weighted by Gasteiger charge is -2.08. The quantitative estimate of drug-likeness (QED) is 0.327. The standard InChI is InChI=1S/C20H19N9O3/c1-3-31-14-8-6-7-13(11-14)17-16(24-28-29(17)19-18(21)26-32-27-19)20(30)25-23-12(2)15-9-4-5-10-22-15/h4-11H,3H2,1-2H3,(H2,21,26)(H,25,30)/b23-12+. The van der Waals surface area contributed by atoms with Gasteiger partial charge in [0.15, 0.2) is 5.69 Å². The van der Waals surface area contributed by atoms with Crippen molar-refractivity contribution in [3.05, 3.63) is 60.0 Å². The molecule has 0 fully saturated rings. The highest BCUT2D eigenvalue weighted by Crippen LogP contribution is 2.29. The molecule has 0 bridgehead atoms. The Bertz CT molecular complexity index is 1260. The second kappa shape index (κ2) is 9.04. The van der Waals surface area contributed by atoms with Gasteiger partial charge in [0.05, 0.1) is 18.0 Å². The number of ether oxygens (including phenoxy) is 1. The Labute approximate surface area is 182 Å². The maximum Gasteiger partial charge on any atom is 0.294 e. The van der Waals surface area contributed by atoms with Crippen LogP contribution in [0.25, 0.3) is 17.1 Å². The molecule has 0 spiro atoms. The number of aromatic nitrogens is 6. The fourth-order valence-electron chi connectivity index (χ4n) is 2.90. The topological polar surface area (TPSA) is 159 Å². The number of hydrogen-bond acceptors (Lipinski definition) is 10. The monoisotopic (exact) mass is 433 g/mol. The fraction of sp³-hybridized carbons (Fsp3) is 0.150. The van der Waals surface area contributed by atoms with Gasteiger partial charge in [-0.2, -0.15) is 9.78 Å². The number of nitrogens with two attached hydrogens (primary N) is 1. The Morgan fingerprint density at radius 1 is 1.25 bits per heavy atom. The molecule has 12 heteroatoms. The van der Waals surface area contributed by atoms with Crippen LogP contribution in [-0.4, -0.2) is 48.5 Å². The van der Waals surface area contributed by atoms with E-state index in [1.54, 1.807) is 49.5 Å². The average Bonchev–Trinajstić information content (AvgIpc) is 3.44. The summed E-state index contributed by atoms with van der Waals surface area (Å²) in [5.41, 5.74) is 10.4. The summed E-state index contributed by atoms with van der Waals surface area (Å²) in [6, 6.07) is 12.5. The predicted molar refractivity (Wildman–Crippen MR) is 114 cm³/mol. The Hall–Kier alpha value is -4.61. The second-order valence-electron chi connectivity index (χ2n) is 6.49. The molecule has 162 valence electrons. The third-order valence-corrected chi connectivity index (χ3v) is 4.36. The fourth-order valence-corrected chi connectivity index (χ4v) is 2.90. The molecule has 3 aromatic heterocycles. The third kappa shape index (κ3) is 4.14. The number of anilines is 1. The number of carbonyl (C=O) groups excluding carboxylic acids is 1. The van der Waals surface area contributed by atoms with Crippen LogP contribution in [0.3, 0.4) is 0 Å². The van der Waals surface area contributed by atoms with Gasteiger partial charge >= 0.3 is 0 Å². The van der Waals surface area contributed by atoms with Crippen LogP contribution in [0.2, 0.25) is 0 Å². The molecular weight excluding hydrogens is 414 g/mol. The number of amides is 1. The number of pyridine rings is 1. The van der Waals surface area contributed by atoms with E-state index in [4.69, 9.17) is 10.5 Å². The van der Waals surface area contributed by atoms with Crippen molar-refractivity contribution in [1.82, 2.24) is 35.7 Å². The van der Waals surface area contributed by atoms with E-state index in [1.165, 1.54) is 4.68 Å². The van der Waals surface area contributed by atoms with E-state index in [9.17, 15) is 4.79 Å². The lowest BCUT2D eigenvalue weighted by Crippen LogP contribution is -2.21. The zero-order valence-electron chi connectivity index (χ0n) is 17.3. The maximum absolute atomic E-state index is 13.0. The van der Waals surface area contributed by atoms with Gasteiger partial charge in [0.1, 0.15) is 11.4 Å². The molecule has 12 nitrogen and oxygen atoms in total. The van der Waals surface area contributed by atoms with Crippen LogP contribution < -0.4 is 15.9 Å². The van der Waals surface area contributed by atoms with Crippen molar-refractivity contribution in [3.63, 3.8) is 0 Å². The van der Waals surface area contributed by atoms with Gasteiger partial charge < -0.3 is 10.5 Å². The minimum Gasteiger partial charge on any atom is -0.494 e. The first-order valence-electron chi connectivity index (χ1n) is 9.61. The molecule has 0 saturated heterocycles. The van der Waals surface area contributed by atoms with Crippen molar-refractivity contribution in [2.45, 2.75) is 13.8 Å². The van der Waals surface area contributed by atoms with Gasteiger partial charge in [-0.05, 0) is 48.4 Å². The summed E-state index contributed by atoms with van der Waals surface area (Å²) >= 11 is 0. The lowest BCUT2D eigenvalue weighted by atomic mass is 10.1. The molecule has 0 unspecified atom stereocenters. The van der Waals surface area contributed by atoms with Gasteiger partial charge in [0.25, 0.3) is 5.91 Å². The zero-order valence-corrected chi connectivity index (χ0v) is 17.3. The normalized spacial score (nSPS) is 11.4. The van der Waals surface area contributed by atoms with Gasteiger partial charge in [-0.15, -0.1) is 5.10 Å². The predicted octanol–water partition coefficient (Wildman–Crippen LogP) is 1.85. The van der Waals surface area contributed by atoms with Crippen LogP contribution in [0.4, 0.5) is 5.82 Å². The largest absolute Gasteiger partial charge is 0.494 e. The number of hydrazone groups is 1. The van der Waals surface area contributed by atoms with E-state index in [-0.39, 0.29) is 17.3 Å². The first kappa shape index (κ1) is 20.7. The van der Waals surface area contributed by atoms with Crippen LogP contribution >= 0.6 is 0 Å². The minimum absolute atomic E-state index is 0.00128. The second-order valence-corrected chi connectivity index (χ2v) is 6.49. The molecule has 1 amide bonds. The minimum atomic E-state index is -0.585. The van der Waals surface area contributed by atoms with E-state index in [2.05, 4.69) is 40.8 Å². The summed E-state index contributed by atoms with van der Waals surface area (Å²) in [5.74, 6) is 0.118. The van der Waals surface area contributed by atoms with Gasteiger partial charge in [0, 0.05) is 11.8 Å². The lowest BCUT2D eigenvalue weighted by molar-refractivity contribution is 0.0950. The van der Waals surface area contributed by atoms with Crippen LogP contribution in [0, 0.1) is 0 Å². The molecule has 4 aromatic rings. The van der Waals surface area contributed by atoms with E-state index >= 15 is 0 Å². The molecule has 3 N–H and O–H groups in total. The van der Waals surface area contributed by atoms with E-state index < -0.39 is 5.91 Å². The van der Waals surface area contributed by atoms with Crippen molar-refractivity contribution >= 4 is 17.4 Å². The number of hydrogen-bond donors (Lipinski definition) is 2. The Kier molecular flexibility index (Phi) is 5.83. The molecule has 1 aromatic carbocycles. The molecule has 0 aliphatic carbocycles. The highest BCUT2D eigenvalue weighted by Gasteiger charge is 2.25. The Balaban J connectivity index is 1.74. The number of carbonyl (C=O) groups is 1. The van der Waals surface area contributed by atoms with E-state index in [1.807, 2.05) is 13.0 Å². The van der Waals surface area contributed by atoms with Crippen LogP contribution in [0.15, 0.2) is 58.4 Å². The summed E-state index contributed by atoms with van der Waals surface area (Å²) in [6.07, 6.45) is 1.64. The molecule has 3 heterocycles. The highest BCUT2D eigenvalue weighted by atomic mass is 16.6. The third-order valence-electron chi connectivity index (χ3n) is 4.36. The average molecular weight is 433 g/mol.